The second kappa shape index (κ2) is 27.3. The number of guanidine groups is 1. The summed E-state index contributed by atoms with van der Waals surface area (Å²) in [5, 5.41) is 47.0. The Bertz CT molecular complexity index is 2920. The molecule has 0 unspecified atom stereocenters. The summed E-state index contributed by atoms with van der Waals surface area (Å²) < 4.78 is 0. The first kappa shape index (κ1) is 57.8. The molecule has 0 spiro atoms. The molecule has 7 atom stereocenters. The van der Waals surface area contributed by atoms with Gasteiger partial charge in [-0.3, -0.25) is 43.3 Å². The third kappa shape index (κ3) is 16.2. The highest BCUT2D eigenvalue weighted by molar-refractivity contribution is 5.98. The zero-order valence-electron chi connectivity index (χ0n) is 42.9. The van der Waals surface area contributed by atoms with Gasteiger partial charge in [-0.1, -0.05) is 62.4 Å². The van der Waals surface area contributed by atoms with Gasteiger partial charge < -0.3 is 79.3 Å². The number of likely N-dealkylation sites (tertiary alicyclic amines) is 1. The lowest BCUT2D eigenvalue weighted by molar-refractivity contribution is -0.143. The number of carboxylic acid groups (broad SMARTS) is 1. The number of aromatic amines is 2. The van der Waals surface area contributed by atoms with Crippen molar-refractivity contribution in [2.75, 3.05) is 26.2 Å². The van der Waals surface area contributed by atoms with E-state index >= 15 is 0 Å². The van der Waals surface area contributed by atoms with Gasteiger partial charge in [0.25, 0.3) is 0 Å². The first-order valence-electron chi connectivity index (χ1n) is 25.4. The number of nitrogens with zero attached hydrogens (tertiary/aromatic N) is 2. The van der Waals surface area contributed by atoms with Crippen LogP contribution in [0.1, 0.15) is 62.6 Å². The summed E-state index contributed by atoms with van der Waals surface area (Å²) in [4.78, 5) is 122. The minimum absolute atomic E-state index is 0.00960. The molecule has 7 amide bonds. The number of phenols is 1. The lowest BCUT2D eigenvalue weighted by Crippen LogP contribution is -2.61. The molecule has 5 aromatic rings. The van der Waals surface area contributed by atoms with Crippen LogP contribution in [-0.2, 0) is 57.6 Å². The summed E-state index contributed by atoms with van der Waals surface area (Å²) in [6.45, 7) is 2.34. The molecule has 3 heterocycles. The third-order valence-electron chi connectivity index (χ3n) is 13.2. The molecule has 24 heteroatoms. The van der Waals surface area contributed by atoms with Crippen molar-refractivity contribution < 1.29 is 53.7 Å². The number of aliphatic hydroxyl groups excluding tert-OH is 1. The number of aliphatic carboxylic acids is 1. The second-order valence-corrected chi connectivity index (χ2v) is 19.5. The van der Waals surface area contributed by atoms with Crippen molar-refractivity contribution in [1.29, 1.82) is 0 Å². The molecule has 2 aromatic heterocycles. The van der Waals surface area contributed by atoms with Crippen LogP contribution in [0.4, 0.5) is 0 Å². The first-order valence-corrected chi connectivity index (χ1v) is 25.4. The second-order valence-electron chi connectivity index (χ2n) is 19.5. The van der Waals surface area contributed by atoms with Gasteiger partial charge in [-0.05, 0) is 85.4 Å². The molecule has 1 aliphatic rings. The van der Waals surface area contributed by atoms with Gasteiger partial charge in [0.15, 0.2) is 5.96 Å². The number of benzene rings is 3. The highest BCUT2D eigenvalue weighted by Crippen LogP contribution is 2.23. The quantitative estimate of drug-likeness (QED) is 0.0178. The normalized spacial score (nSPS) is 15.6. The molecule has 24 nitrogen and oxygen atoms in total. The summed E-state index contributed by atoms with van der Waals surface area (Å²) in [5.74, 6) is -7.15. The summed E-state index contributed by atoms with van der Waals surface area (Å²) in [6, 6.07) is 11.4. The molecule has 1 aliphatic heterocycles. The van der Waals surface area contributed by atoms with Crippen LogP contribution < -0.4 is 49.1 Å². The number of nitrogens with two attached hydrogens (primary N) is 3. The predicted octanol–water partition coefficient (Wildman–Crippen LogP) is -0.582. The van der Waals surface area contributed by atoms with Crippen molar-refractivity contribution in [2.24, 2.45) is 28.1 Å². The summed E-state index contributed by atoms with van der Waals surface area (Å²) >= 11 is 0. The summed E-state index contributed by atoms with van der Waals surface area (Å²) in [6.07, 6.45) is 4.14. The van der Waals surface area contributed by atoms with Crippen molar-refractivity contribution in [3.8, 4) is 5.75 Å². The Morgan fingerprint density at radius 1 is 0.701 bits per heavy atom. The van der Waals surface area contributed by atoms with Crippen molar-refractivity contribution in [1.82, 2.24) is 46.8 Å². The van der Waals surface area contributed by atoms with E-state index in [2.05, 4.69) is 46.9 Å². The molecule has 17 N–H and O–H groups in total. The molecule has 0 bridgehead atoms. The average Bonchev–Trinajstić information content (AvgIpc) is 4.17. The number of nitrogens with one attached hydrogen (secondary N) is 8. The van der Waals surface area contributed by atoms with Gasteiger partial charge in [0.2, 0.25) is 41.4 Å². The van der Waals surface area contributed by atoms with Crippen LogP contribution in [0.2, 0.25) is 0 Å². The lowest BCUT2D eigenvalue weighted by atomic mass is 9.99. The topological polar surface area (TPSA) is 395 Å². The molecule has 6 rings (SSSR count). The van der Waals surface area contributed by atoms with Gasteiger partial charge in [0.1, 0.15) is 48.5 Å². The molecule has 1 saturated heterocycles. The smallest absolute Gasteiger partial charge is 0.322 e. The van der Waals surface area contributed by atoms with Crippen LogP contribution in [0.15, 0.2) is 90.2 Å². The number of phenolic OH excluding ortho intramolecular Hbond substituents is 1. The zero-order valence-corrected chi connectivity index (χ0v) is 42.9. The minimum atomic E-state index is -1.57. The predicted molar refractivity (Wildman–Crippen MR) is 285 cm³/mol. The van der Waals surface area contributed by atoms with Crippen molar-refractivity contribution in [3.05, 3.63) is 102 Å². The van der Waals surface area contributed by atoms with E-state index in [1.165, 1.54) is 29.2 Å². The maximum absolute atomic E-state index is 14.8. The average molecular weight is 1060 g/mol. The maximum Gasteiger partial charge on any atom is 0.322 e. The van der Waals surface area contributed by atoms with E-state index in [1.54, 1.807) is 18.5 Å². The number of carbonyl (C=O) groups excluding carboxylic acids is 7. The Morgan fingerprint density at radius 3 is 1.82 bits per heavy atom. The Hall–Kier alpha value is -8.51. The molecule has 77 heavy (non-hydrogen) atoms. The molecule has 1 fully saturated rings. The minimum Gasteiger partial charge on any atom is -0.508 e. The van der Waals surface area contributed by atoms with Crippen LogP contribution in [0, 0.1) is 5.92 Å². The number of rotatable bonds is 27. The van der Waals surface area contributed by atoms with E-state index in [4.69, 9.17) is 22.3 Å². The molecular weight excluding hydrogens is 995 g/mol. The number of aliphatic hydroxyl groups is 1. The Labute approximate surface area is 443 Å². The van der Waals surface area contributed by atoms with Crippen LogP contribution >= 0.6 is 0 Å². The Morgan fingerprint density at radius 2 is 1.23 bits per heavy atom. The lowest BCUT2D eigenvalue weighted by Gasteiger charge is -2.30. The monoisotopic (exact) mass is 1060 g/mol. The zero-order chi connectivity index (χ0) is 55.8. The number of hydrogen-bond donors (Lipinski definition) is 14. The fourth-order valence-corrected chi connectivity index (χ4v) is 9.25. The van der Waals surface area contributed by atoms with Gasteiger partial charge in [-0.25, -0.2) is 0 Å². The SMILES string of the molecule is CC(C)C[C@H](NC(=O)[C@@H](Cc1c[nH]c2ccccc12)NC(=O)[C@H](Cc1ccc(O)cc1)NC(=O)[C@H](CO)NC(=O)[C@@H](N)Cc1c[nH]c2ccccc12)C(=O)N[C@@H](CCCN=C(N)N)C(=O)N1CCC[C@H]1C(=O)NCC(=O)O. The van der Waals surface area contributed by atoms with E-state index < -0.39 is 103 Å². The van der Waals surface area contributed by atoms with Gasteiger partial charge in [-0.2, -0.15) is 0 Å². The van der Waals surface area contributed by atoms with E-state index in [9.17, 15) is 48.6 Å². The molecular formula is C53H69N13O11. The van der Waals surface area contributed by atoms with Crippen LogP contribution in [0.25, 0.3) is 21.8 Å². The summed E-state index contributed by atoms with van der Waals surface area (Å²) in [5.41, 5.74) is 20.8. The van der Waals surface area contributed by atoms with Crippen molar-refractivity contribution in [3.63, 3.8) is 0 Å². The van der Waals surface area contributed by atoms with Crippen LogP contribution in [0.3, 0.4) is 0 Å². The first-order chi connectivity index (χ1) is 36.8. The number of carbonyl (C=O) groups is 8. The van der Waals surface area contributed by atoms with Gasteiger partial charge in [0.05, 0.1) is 12.6 Å². The van der Waals surface area contributed by atoms with Gasteiger partial charge in [-0.15, -0.1) is 0 Å². The number of para-hydroxylation sites is 2. The van der Waals surface area contributed by atoms with Crippen LogP contribution in [-0.4, -0.2) is 152 Å². The maximum atomic E-state index is 14.8. The molecule has 412 valence electrons. The Balaban J connectivity index is 1.24. The largest absolute Gasteiger partial charge is 0.508 e. The standard InChI is InChI=1S/C53H69N13O11/c1-29(2)21-40(47(72)61-39(13-7-19-57-53(55)56)52(77)66-20-8-14-44(66)51(76)60-27-45(69)70)62-49(74)42(24-32-26-59-38-12-6-4-10-35(32)38)64-48(73)41(22-30-15-17-33(68)18-16-30)63-50(75)43(28-67)65-46(71)36(54)23-31-25-58-37-11-5-3-9-34(31)37/h3-6,9-12,15-18,25-26,29,36,39-44,58-59,67-68H,7-8,13-14,19-24,27-28,54H2,1-2H3,(H,60,76)(H,61,72)(H,62,74)(H,63,75)(H,64,73)(H,65,71)(H,69,70)(H4,55,56,57)/t36-,39-,40-,41-,42+,43-,44-/m0/s1. The number of aromatic nitrogens is 2. The molecule has 0 radical (unpaired) electrons. The van der Waals surface area contributed by atoms with E-state index in [1.807, 2.05) is 56.3 Å². The fourth-order valence-electron chi connectivity index (χ4n) is 9.25. The number of H-pyrrole nitrogens is 2. The van der Waals surface area contributed by atoms with E-state index in [-0.39, 0.29) is 75.7 Å². The third-order valence-corrected chi connectivity index (χ3v) is 13.2. The van der Waals surface area contributed by atoms with E-state index in [0.29, 0.717) is 17.5 Å². The molecule has 3 aromatic carbocycles. The highest BCUT2D eigenvalue weighted by atomic mass is 16.4. The van der Waals surface area contributed by atoms with Crippen molar-refractivity contribution >= 4 is 75.1 Å². The van der Waals surface area contributed by atoms with Crippen LogP contribution in [0.5, 0.6) is 5.75 Å². The number of hydrogen-bond acceptors (Lipinski definition) is 12. The van der Waals surface area contributed by atoms with Gasteiger partial charge >= 0.3 is 5.97 Å². The Kier molecular flexibility index (Phi) is 20.5. The number of aliphatic imine (C=N–C) groups is 1. The number of carboxylic acids is 1. The number of fused-ring (bicyclic) bond motifs is 2. The fraction of sp³-hybridized carbons (Fsp3) is 0.415. The number of amides is 7. The molecule has 0 aliphatic carbocycles. The number of aromatic hydroxyl groups is 1. The molecule has 0 saturated carbocycles. The van der Waals surface area contributed by atoms with Crippen molar-refractivity contribution in [2.45, 2.75) is 108 Å². The highest BCUT2D eigenvalue weighted by Gasteiger charge is 2.39. The van der Waals surface area contributed by atoms with E-state index in [0.717, 1.165) is 27.4 Å². The summed E-state index contributed by atoms with van der Waals surface area (Å²) in [7, 11) is 0. The van der Waals surface area contributed by atoms with Gasteiger partial charge in [0, 0.05) is 60.1 Å².